The Labute approximate surface area is 131 Å². The highest BCUT2D eigenvalue weighted by molar-refractivity contribution is 5.81. The number of morpholine rings is 1. The van der Waals surface area contributed by atoms with E-state index in [1.807, 2.05) is 11.5 Å². The molecule has 2 heterocycles. The van der Waals surface area contributed by atoms with Gasteiger partial charge in [-0.15, -0.1) is 10.2 Å². The van der Waals surface area contributed by atoms with Gasteiger partial charge in [0.2, 0.25) is 5.91 Å². The number of aromatic nitrogens is 3. The van der Waals surface area contributed by atoms with Crippen molar-refractivity contribution in [3.05, 3.63) is 12.2 Å². The number of amides is 1. The molecule has 1 aliphatic rings. The molecule has 1 aromatic rings. The molecule has 1 aromatic heterocycles. The Morgan fingerprint density at radius 1 is 1.50 bits per heavy atom. The predicted octanol–water partition coefficient (Wildman–Crippen LogP) is -0.396. The maximum Gasteiger partial charge on any atom is 0.239 e. The van der Waals surface area contributed by atoms with Crippen LogP contribution in [0.5, 0.6) is 0 Å². The summed E-state index contributed by atoms with van der Waals surface area (Å²) in [5.41, 5.74) is 0. The van der Waals surface area contributed by atoms with Gasteiger partial charge < -0.3 is 18.9 Å². The van der Waals surface area contributed by atoms with Gasteiger partial charge in [-0.3, -0.25) is 9.69 Å². The van der Waals surface area contributed by atoms with Gasteiger partial charge >= 0.3 is 0 Å². The quantitative estimate of drug-likeness (QED) is 0.682. The van der Waals surface area contributed by atoms with Crippen molar-refractivity contribution < 1.29 is 14.3 Å². The van der Waals surface area contributed by atoms with Crippen molar-refractivity contribution in [2.45, 2.75) is 26.1 Å². The van der Waals surface area contributed by atoms with E-state index in [0.29, 0.717) is 32.9 Å². The third-order valence-electron chi connectivity index (χ3n) is 3.94. The Morgan fingerprint density at radius 2 is 2.23 bits per heavy atom. The minimum atomic E-state index is -0.149. The fourth-order valence-electron chi connectivity index (χ4n) is 2.51. The van der Waals surface area contributed by atoms with E-state index in [2.05, 4.69) is 15.1 Å². The first kappa shape index (κ1) is 16.9. The molecule has 1 fully saturated rings. The SMILES string of the molecule is COCCn1cnnc1CN(C)C(=O)[C@H](C)N1CCOCC1. The number of rotatable bonds is 7. The van der Waals surface area contributed by atoms with E-state index in [1.54, 1.807) is 25.4 Å². The smallest absolute Gasteiger partial charge is 0.239 e. The third kappa shape index (κ3) is 4.25. The van der Waals surface area contributed by atoms with Gasteiger partial charge in [0, 0.05) is 33.8 Å². The molecule has 0 saturated carbocycles. The summed E-state index contributed by atoms with van der Waals surface area (Å²) >= 11 is 0. The van der Waals surface area contributed by atoms with Crippen LogP contribution in [0.2, 0.25) is 0 Å². The van der Waals surface area contributed by atoms with Crippen LogP contribution in [0.25, 0.3) is 0 Å². The maximum atomic E-state index is 12.6. The van der Waals surface area contributed by atoms with E-state index >= 15 is 0 Å². The summed E-state index contributed by atoms with van der Waals surface area (Å²) in [4.78, 5) is 16.4. The molecule has 1 amide bonds. The molecule has 1 saturated heterocycles. The van der Waals surface area contributed by atoms with Crippen LogP contribution >= 0.6 is 0 Å². The number of carbonyl (C=O) groups is 1. The van der Waals surface area contributed by atoms with Crippen LogP contribution in [0.3, 0.4) is 0 Å². The van der Waals surface area contributed by atoms with Crippen molar-refractivity contribution in [3.8, 4) is 0 Å². The van der Waals surface area contributed by atoms with E-state index in [1.165, 1.54) is 0 Å². The van der Waals surface area contributed by atoms with Gasteiger partial charge in [-0.1, -0.05) is 0 Å². The Morgan fingerprint density at radius 3 is 2.91 bits per heavy atom. The Bertz CT molecular complexity index is 473. The number of nitrogens with zero attached hydrogens (tertiary/aromatic N) is 5. The van der Waals surface area contributed by atoms with E-state index in [0.717, 1.165) is 18.9 Å². The zero-order chi connectivity index (χ0) is 15.9. The zero-order valence-electron chi connectivity index (χ0n) is 13.6. The summed E-state index contributed by atoms with van der Waals surface area (Å²) < 4.78 is 12.3. The topological polar surface area (TPSA) is 72.7 Å². The van der Waals surface area contributed by atoms with E-state index < -0.39 is 0 Å². The van der Waals surface area contributed by atoms with Crippen LogP contribution in [0.15, 0.2) is 6.33 Å². The van der Waals surface area contributed by atoms with Crippen LogP contribution in [-0.2, 0) is 27.4 Å². The summed E-state index contributed by atoms with van der Waals surface area (Å²) in [6.45, 7) is 6.62. The van der Waals surface area contributed by atoms with Crippen LogP contribution in [0.4, 0.5) is 0 Å². The molecular formula is C14H25N5O3. The zero-order valence-corrected chi connectivity index (χ0v) is 13.6. The monoisotopic (exact) mass is 311 g/mol. The van der Waals surface area contributed by atoms with Crippen molar-refractivity contribution >= 4 is 5.91 Å². The van der Waals surface area contributed by atoms with E-state index in [-0.39, 0.29) is 11.9 Å². The predicted molar refractivity (Wildman–Crippen MR) is 80.2 cm³/mol. The van der Waals surface area contributed by atoms with Gasteiger partial charge in [0.15, 0.2) is 5.82 Å². The molecule has 1 aliphatic heterocycles. The van der Waals surface area contributed by atoms with Gasteiger partial charge in [0.05, 0.1) is 32.4 Å². The lowest BCUT2D eigenvalue weighted by Crippen LogP contribution is -2.50. The number of hydrogen-bond acceptors (Lipinski definition) is 6. The number of carbonyl (C=O) groups excluding carboxylic acids is 1. The molecule has 0 unspecified atom stereocenters. The first-order valence-corrected chi connectivity index (χ1v) is 7.56. The highest BCUT2D eigenvalue weighted by Crippen LogP contribution is 2.08. The van der Waals surface area contributed by atoms with Crippen LogP contribution in [-0.4, -0.2) is 83.6 Å². The van der Waals surface area contributed by atoms with Crippen molar-refractivity contribution in [2.75, 3.05) is 47.1 Å². The third-order valence-corrected chi connectivity index (χ3v) is 3.94. The van der Waals surface area contributed by atoms with Crippen molar-refractivity contribution in [1.29, 1.82) is 0 Å². The second-order valence-electron chi connectivity index (χ2n) is 5.45. The Kier molecular flexibility index (Phi) is 6.29. The number of hydrogen-bond donors (Lipinski definition) is 0. The normalized spacial score (nSPS) is 17.4. The standard InChI is InChI=1S/C14H25N5O3/c1-12(18-5-8-22-9-6-18)14(20)17(2)10-13-16-15-11-19(13)4-7-21-3/h11-12H,4-10H2,1-3H3/t12-/m0/s1. The summed E-state index contributed by atoms with van der Waals surface area (Å²) in [6, 6.07) is -0.149. The molecule has 2 rings (SSSR count). The van der Waals surface area contributed by atoms with Crippen molar-refractivity contribution in [3.63, 3.8) is 0 Å². The van der Waals surface area contributed by atoms with Gasteiger partial charge in [-0.2, -0.15) is 0 Å². The fraction of sp³-hybridized carbons (Fsp3) is 0.786. The lowest BCUT2D eigenvalue weighted by atomic mass is 10.2. The first-order chi connectivity index (χ1) is 10.6. The maximum absolute atomic E-state index is 12.6. The molecule has 8 heteroatoms. The highest BCUT2D eigenvalue weighted by atomic mass is 16.5. The average Bonchev–Trinajstić information content (AvgIpc) is 2.99. The minimum Gasteiger partial charge on any atom is -0.383 e. The summed E-state index contributed by atoms with van der Waals surface area (Å²) in [5.74, 6) is 0.852. The van der Waals surface area contributed by atoms with Gasteiger partial charge in [-0.05, 0) is 6.92 Å². The molecule has 124 valence electrons. The fourth-order valence-corrected chi connectivity index (χ4v) is 2.51. The minimum absolute atomic E-state index is 0.0863. The second-order valence-corrected chi connectivity index (χ2v) is 5.45. The number of likely N-dealkylation sites (N-methyl/N-ethyl adjacent to an activating group) is 1. The Balaban J connectivity index is 1.91. The first-order valence-electron chi connectivity index (χ1n) is 7.56. The van der Waals surface area contributed by atoms with Crippen LogP contribution < -0.4 is 0 Å². The largest absolute Gasteiger partial charge is 0.383 e. The summed E-state index contributed by atoms with van der Waals surface area (Å²) in [6.07, 6.45) is 1.66. The second kappa shape index (κ2) is 8.21. The summed E-state index contributed by atoms with van der Waals surface area (Å²) in [5, 5.41) is 8.01. The molecule has 0 radical (unpaired) electrons. The molecular weight excluding hydrogens is 286 g/mol. The number of methoxy groups -OCH3 is 1. The number of ether oxygens (including phenoxy) is 2. The Hall–Kier alpha value is -1.51. The molecule has 0 spiro atoms. The molecule has 8 nitrogen and oxygen atoms in total. The van der Waals surface area contributed by atoms with E-state index in [4.69, 9.17) is 9.47 Å². The summed E-state index contributed by atoms with van der Waals surface area (Å²) in [7, 11) is 3.46. The highest BCUT2D eigenvalue weighted by Gasteiger charge is 2.26. The molecule has 1 atom stereocenters. The van der Waals surface area contributed by atoms with Crippen LogP contribution in [0.1, 0.15) is 12.7 Å². The average molecular weight is 311 g/mol. The van der Waals surface area contributed by atoms with E-state index in [9.17, 15) is 4.79 Å². The lowest BCUT2D eigenvalue weighted by Gasteiger charge is -2.33. The molecule has 0 aliphatic carbocycles. The molecule has 0 bridgehead atoms. The lowest BCUT2D eigenvalue weighted by molar-refractivity contribution is -0.137. The van der Waals surface area contributed by atoms with Crippen molar-refractivity contribution in [1.82, 2.24) is 24.6 Å². The molecule has 0 N–H and O–H groups in total. The molecule has 22 heavy (non-hydrogen) atoms. The van der Waals surface area contributed by atoms with Gasteiger partial charge in [0.25, 0.3) is 0 Å². The van der Waals surface area contributed by atoms with Crippen molar-refractivity contribution in [2.24, 2.45) is 0 Å². The van der Waals surface area contributed by atoms with Gasteiger partial charge in [-0.25, -0.2) is 0 Å². The molecule has 0 aromatic carbocycles. The van der Waals surface area contributed by atoms with Gasteiger partial charge in [0.1, 0.15) is 6.33 Å². The van der Waals surface area contributed by atoms with Crippen LogP contribution in [0, 0.1) is 0 Å².